The van der Waals surface area contributed by atoms with Crippen LogP contribution in [0.4, 0.5) is 5.95 Å². The number of ether oxygens (including phenoxy) is 1. The second-order valence-corrected chi connectivity index (χ2v) is 4.25. The fourth-order valence-electron chi connectivity index (χ4n) is 1.27. The number of hydrazine groups is 1. The average Bonchev–Trinajstić information content (AvgIpc) is 2.42. The highest BCUT2D eigenvalue weighted by Crippen LogP contribution is 2.27. The molecule has 2 rings (SSSR count). The molecule has 0 unspecified atom stereocenters. The molecule has 0 bridgehead atoms. The van der Waals surface area contributed by atoms with Crippen LogP contribution in [0, 0.1) is 0 Å². The van der Waals surface area contributed by atoms with Crippen LogP contribution < -0.4 is 16.0 Å². The van der Waals surface area contributed by atoms with E-state index in [1.165, 1.54) is 0 Å². The van der Waals surface area contributed by atoms with Gasteiger partial charge in [0.15, 0.2) is 0 Å². The van der Waals surface area contributed by atoms with E-state index in [1.54, 1.807) is 30.5 Å². The molecule has 0 fully saturated rings. The van der Waals surface area contributed by atoms with Crippen molar-refractivity contribution in [2.75, 3.05) is 5.43 Å². The Kier molecular flexibility index (Phi) is 4.08. The summed E-state index contributed by atoms with van der Waals surface area (Å²) in [6, 6.07) is 7.03. The van der Waals surface area contributed by atoms with Gasteiger partial charge in [-0.15, -0.1) is 0 Å². The van der Waals surface area contributed by atoms with Crippen LogP contribution in [-0.2, 0) is 6.61 Å². The Morgan fingerprint density at radius 2 is 2.06 bits per heavy atom. The van der Waals surface area contributed by atoms with Crippen LogP contribution in [0.2, 0.25) is 0 Å². The summed E-state index contributed by atoms with van der Waals surface area (Å²) in [5.74, 6) is 6.45. The topological polar surface area (TPSA) is 93.3 Å². The molecule has 2 aromatic rings. The van der Waals surface area contributed by atoms with Crippen LogP contribution in [0.15, 0.2) is 34.9 Å². The highest BCUT2D eigenvalue weighted by Gasteiger charge is 2.07. The van der Waals surface area contributed by atoms with E-state index in [2.05, 4.69) is 31.3 Å². The lowest BCUT2D eigenvalue weighted by Crippen LogP contribution is -2.10. The Morgan fingerprint density at radius 3 is 2.67 bits per heavy atom. The Hall–Kier alpha value is -1.70. The number of nitrogens with one attached hydrogen (secondary N) is 1. The van der Waals surface area contributed by atoms with Gasteiger partial charge in [-0.1, -0.05) is 12.1 Å². The molecule has 0 spiro atoms. The van der Waals surface area contributed by atoms with Gasteiger partial charge in [0.2, 0.25) is 11.8 Å². The van der Waals surface area contributed by atoms with E-state index in [-0.39, 0.29) is 12.6 Å². The zero-order valence-corrected chi connectivity index (χ0v) is 10.9. The Labute approximate surface area is 112 Å². The molecular formula is C11H11BrN4O2. The van der Waals surface area contributed by atoms with Gasteiger partial charge < -0.3 is 9.84 Å². The Balaban J connectivity index is 2.21. The van der Waals surface area contributed by atoms with Crippen LogP contribution in [0.1, 0.15) is 5.56 Å². The number of hydrogen-bond acceptors (Lipinski definition) is 6. The number of aliphatic hydroxyl groups is 1. The van der Waals surface area contributed by atoms with Crippen LogP contribution in [0.25, 0.3) is 0 Å². The predicted octanol–water partition coefficient (Wildman–Crippen LogP) is 1.81. The van der Waals surface area contributed by atoms with E-state index >= 15 is 0 Å². The smallest absolute Gasteiger partial charge is 0.240 e. The number of halogens is 1. The number of nitrogens with two attached hydrogens (primary N) is 1. The van der Waals surface area contributed by atoms with Gasteiger partial charge in [-0.05, 0) is 33.6 Å². The molecule has 6 nitrogen and oxygen atoms in total. The third-order valence-electron chi connectivity index (χ3n) is 2.16. The normalized spacial score (nSPS) is 10.2. The van der Waals surface area contributed by atoms with E-state index in [0.717, 1.165) is 5.56 Å². The van der Waals surface area contributed by atoms with Crippen molar-refractivity contribution in [3.8, 4) is 11.6 Å². The van der Waals surface area contributed by atoms with Crippen LogP contribution >= 0.6 is 15.9 Å². The van der Waals surface area contributed by atoms with E-state index < -0.39 is 0 Å². The van der Waals surface area contributed by atoms with Crippen molar-refractivity contribution in [3.63, 3.8) is 0 Å². The first-order chi connectivity index (χ1) is 8.72. The number of anilines is 1. The van der Waals surface area contributed by atoms with Crippen LogP contribution in [-0.4, -0.2) is 15.1 Å². The molecule has 0 aliphatic heterocycles. The van der Waals surface area contributed by atoms with E-state index in [4.69, 9.17) is 15.7 Å². The molecule has 1 aromatic carbocycles. The highest BCUT2D eigenvalue weighted by atomic mass is 79.9. The maximum atomic E-state index is 8.94. The quantitative estimate of drug-likeness (QED) is 0.589. The summed E-state index contributed by atoms with van der Waals surface area (Å²) in [4.78, 5) is 7.98. The number of aliphatic hydroxyl groups excluding tert-OH is 1. The predicted molar refractivity (Wildman–Crippen MR) is 70.0 cm³/mol. The Morgan fingerprint density at radius 1 is 1.33 bits per heavy atom. The number of hydrogen-bond donors (Lipinski definition) is 3. The molecule has 0 saturated heterocycles. The average molecular weight is 311 g/mol. The third kappa shape index (κ3) is 2.95. The zero-order valence-electron chi connectivity index (χ0n) is 9.30. The van der Waals surface area contributed by atoms with E-state index in [1.807, 2.05) is 0 Å². The lowest BCUT2D eigenvalue weighted by Gasteiger charge is -2.08. The van der Waals surface area contributed by atoms with Gasteiger partial charge in [-0.25, -0.2) is 10.8 Å². The second kappa shape index (κ2) is 5.76. The molecule has 94 valence electrons. The van der Waals surface area contributed by atoms with Crippen molar-refractivity contribution in [1.82, 2.24) is 9.97 Å². The van der Waals surface area contributed by atoms with Crippen molar-refractivity contribution in [2.45, 2.75) is 6.61 Å². The molecule has 7 heteroatoms. The molecule has 0 radical (unpaired) electrons. The summed E-state index contributed by atoms with van der Waals surface area (Å²) >= 11 is 3.29. The number of aromatic nitrogens is 2. The molecule has 0 atom stereocenters. The molecule has 1 heterocycles. The molecule has 4 N–H and O–H groups in total. The number of nitrogens with zero attached hydrogens (tertiary/aromatic N) is 2. The summed E-state index contributed by atoms with van der Waals surface area (Å²) in [6.07, 6.45) is 1.54. The number of rotatable bonds is 4. The summed E-state index contributed by atoms with van der Waals surface area (Å²) < 4.78 is 6.19. The molecule has 0 saturated carbocycles. The molecule has 0 amide bonds. The summed E-state index contributed by atoms with van der Waals surface area (Å²) in [7, 11) is 0. The fraction of sp³-hybridized carbons (Fsp3) is 0.0909. The monoisotopic (exact) mass is 310 g/mol. The van der Waals surface area contributed by atoms with Crippen LogP contribution in [0.5, 0.6) is 11.6 Å². The van der Waals surface area contributed by atoms with Crippen LogP contribution in [0.3, 0.4) is 0 Å². The first kappa shape index (κ1) is 12.7. The molecule has 0 aliphatic rings. The highest BCUT2D eigenvalue weighted by molar-refractivity contribution is 9.10. The lowest BCUT2D eigenvalue weighted by molar-refractivity contribution is 0.281. The van der Waals surface area contributed by atoms with Crippen molar-refractivity contribution < 1.29 is 9.84 Å². The Bertz CT molecular complexity index is 533. The van der Waals surface area contributed by atoms with Gasteiger partial charge in [0.25, 0.3) is 0 Å². The largest absolute Gasteiger partial charge is 0.438 e. The van der Waals surface area contributed by atoms with Crippen molar-refractivity contribution >= 4 is 21.9 Å². The van der Waals surface area contributed by atoms with Gasteiger partial charge in [0, 0.05) is 0 Å². The summed E-state index contributed by atoms with van der Waals surface area (Å²) in [6.45, 7) is -0.00127. The zero-order chi connectivity index (χ0) is 13.0. The summed E-state index contributed by atoms with van der Waals surface area (Å²) in [5.41, 5.74) is 3.16. The maximum absolute atomic E-state index is 8.94. The first-order valence-electron chi connectivity index (χ1n) is 5.09. The van der Waals surface area contributed by atoms with Gasteiger partial charge >= 0.3 is 0 Å². The number of benzene rings is 1. The summed E-state index contributed by atoms with van der Waals surface area (Å²) in [5, 5.41) is 8.94. The van der Waals surface area contributed by atoms with E-state index in [0.29, 0.717) is 16.1 Å². The SMILES string of the molecule is NNc1ncc(Br)c(Oc2ccc(CO)cc2)n1. The van der Waals surface area contributed by atoms with Gasteiger partial charge in [-0.3, -0.25) is 5.43 Å². The van der Waals surface area contributed by atoms with E-state index in [9.17, 15) is 0 Å². The van der Waals surface area contributed by atoms with Crippen molar-refractivity contribution in [3.05, 3.63) is 40.5 Å². The lowest BCUT2D eigenvalue weighted by atomic mass is 10.2. The first-order valence-corrected chi connectivity index (χ1v) is 5.89. The molecule has 18 heavy (non-hydrogen) atoms. The third-order valence-corrected chi connectivity index (χ3v) is 2.71. The van der Waals surface area contributed by atoms with Crippen molar-refractivity contribution in [2.24, 2.45) is 5.84 Å². The maximum Gasteiger partial charge on any atom is 0.240 e. The van der Waals surface area contributed by atoms with Crippen molar-refractivity contribution in [1.29, 1.82) is 0 Å². The standard InChI is InChI=1S/C11H11BrN4O2/c12-9-5-14-11(16-13)15-10(9)18-8-3-1-7(6-17)2-4-8/h1-5,17H,6,13H2,(H,14,15,16). The van der Waals surface area contributed by atoms with Gasteiger partial charge in [0.05, 0.1) is 17.3 Å². The molecule has 0 aliphatic carbocycles. The number of nitrogen functional groups attached to an aromatic ring is 1. The minimum absolute atomic E-state index is 0.00127. The van der Waals surface area contributed by atoms with Gasteiger partial charge in [-0.2, -0.15) is 4.98 Å². The fourth-order valence-corrected chi connectivity index (χ4v) is 1.54. The second-order valence-electron chi connectivity index (χ2n) is 3.40. The molecular weight excluding hydrogens is 300 g/mol. The molecule has 1 aromatic heterocycles. The minimum Gasteiger partial charge on any atom is -0.438 e. The minimum atomic E-state index is -0.00127. The van der Waals surface area contributed by atoms with Gasteiger partial charge in [0.1, 0.15) is 5.75 Å².